The van der Waals surface area contributed by atoms with Gasteiger partial charge in [0.2, 0.25) is 0 Å². The fourth-order valence-electron chi connectivity index (χ4n) is 1.48. The van der Waals surface area contributed by atoms with Crippen LogP contribution < -0.4 is 10.6 Å². The van der Waals surface area contributed by atoms with Crippen molar-refractivity contribution in [2.24, 2.45) is 0 Å². The van der Waals surface area contributed by atoms with Crippen LogP contribution in [-0.4, -0.2) is 48.0 Å². The fourth-order valence-corrected chi connectivity index (χ4v) is 1.48. The fraction of sp³-hybridized carbons (Fsp3) is 0.636. The summed E-state index contributed by atoms with van der Waals surface area (Å²) in [6.07, 6.45) is 1.49. The monoisotopic (exact) mass is 240 g/mol. The number of aliphatic hydroxyl groups excluding tert-OH is 1. The average molecular weight is 240 g/mol. The molecule has 0 bridgehead atoms. The molecule has 3 N–H and O–H groups in total. The number of anilines is 2. The van der Waals surface area contributed by atoms with Gasteiger partial charge in [0.05, 0.1) is 19.3 Å². The summed E-state index contributed by atoms with van der Waals surface area (Å²) in [6, 6.07) is -0.164. The van der Waals surface area contributed by atoms with Crippen molar-refractivity contribution in [2.75, 3.05) is 37.5 Å². The Morgan fingerprint density at radius 2 is 2.12 bits per heavy atom. The van der Waals surface area contributed by atoms with E-state index in [2.05, 4.69) is 20.6 Å². The molecule has 96 valence electrons. The molecule has 0 saturated heterocycles. The third-order valence-corrected chi connectivity index (χ3v) is 2.36. The van der Waals surface area contributed by atoms with Gasteiger partial charge in [-0.25, -0.2) is 9.97 Å². The average Bonchev–Trinajstić information content (AvgIpc) is 2.33. The second kappa shape index (κ2) is 7.03. The van der Waals surface area contributed by atoms with Crippen LogP contribution in [0.4, 0.5) is 11.6 Å². The molecule has 1 atom stereocenters. The Bertz CT molecular complexity index is 346. The second-order valence-electron chi connectivity index (χ2n) is 3.71. The lowest BCUT2D eigenvalue weighted by atomic mass is 10.2. The summed E-state index contributed by atoms with van der Waals surface area (Å²) in [6.45, 7) is 5.17. The normalized spacial score (nSPS) is 12.2. The van der Waals surface area contributed by atoms with Crippen LogP contribution >= 0.6 is 0 Å². The van der Waals surface area contributed by atoms with Gasteiger partial charge in [0, 0.05) is 19.2 Å². The molecule has 1 aromatic heterocycles. The van der Waals surface area contributed by atoms with Gasteiger partial charge in [-0.3, -0.25) is 0 Å². The van der Waals surface area contributed by atoms with Gasteiger partial charge < -0.3 is 20.5 Å². The molecule has 1 rings (SSSR count). The first-order valence-corrected chi connectivity index (χ1v) is 5.64. The smallest absolute Gasteiger partial charge is 0.134 e. The van der Waals surface area contributed by atoms with Crippen LogP contribution in [0.1, 0.15) is 12.5 Å². The third-order valence-electron chi connectivity index (χ3n) is 2.36. The van der Waals surface area contributed by atoms with Gasteiger partial charge in [0.25, 0.3) is 0 Å². The minimum atomic E-state index is -0.164. The van der Waals surface area contributed by atoms with Crippen LogP contribution in [0.3, 0.4) is 0 Å². The van der Waals surface area contributed by atoms with Gasteiger partial charge in [-0.05, 0) is 13.8 Å². The van der Waals surface area contributed by atoms with Crippen molar-refractivity contribution in [3.8, 4) is 0 Å². The zero-order valence-electron chi connectivity index (χ0n) is 10.5. The highest BCUT2D eigenvalue weighted by molar-refractivity contribution is 5.56. The molecule has 1 aromatic rings. The van der Waals surface area contributed by atoms with Crippen molar-refractivity contribution in [3.05, 3.63) is 11.9 Å². The number of nitrogens with one attached hydrogen (secondary N) is 2. The predicted octanol–water partition coefficient (Wildman–Crippen LogP) is 0.636. The Balaban J connectivity index is 2.79. The standard InChI is InChI=1S/C11H20N4O2/c1-4-12-10-8(2)11(14-7-13-10)15-9(5-16)6-17-3/h7,9,16H,4-6H2,1-3H3,(H2,12,13,14,15). The van der Waals surface area contributed by atoms with Crippen molar-refractivity contribution < 1.29 is 9.84 Å². The van der Waals surface area contributed by atoms with Gasteiger partial charge in [-0.15, -0.1) is 0 Å². The number of hydrogen-bond acceptors (Lipinski definition) is 6. The summed E-state index contributed by atoms with van der Waals surface area (Å²) >= 11 is 0. The summed E-state index contributed by atoms with van der Waals surface area (Å²) in [7, 11) is 1.60. The first-order chi connectivity index (χ1) is 8.22. The number of methoxy groups -OCH3 is 1. The van der Waals surface area contributed by atoms with Crippen LogP contribution in [0.2, 0.25) is 0 Å². The lowest BCUT2D eigenvalue weighted by molar-refractivity contribution is 0.153. The van der Waals surface area contributed by atoms with Crippen LogP contribution in [0.15, 0.2) is 6.33 Å². The van der Waals surface area contributed by atoms with Crippen molar-refractivity contribution in [1.82, 2.24) is 9.97 Å². The number of rotatable bonds is 7. The van der Waals surface area contributed by atoms with E-state index >= 15 is 0 Å². The molecule has 1 heterocycles. The van der Waals surface area contributed by atoms with E-state index in [9.17, 15) is 5.11 Å². The quantitative estimate of drug-likeness (QED) is 0.649. The van der Waals surface area contributed by atoms with Gasteiger partial charge >= 0.3 is 0 Å². The lowest BCUT2D eigenvalue weighted by Crippen LogP contribution is -2.29. The maximum Gasteiger partial charge on any atom is 0.134 e. The minimum absolute atomic E-state index is 0.00613. The summed E-state index contributed by atoms with van der Waals surface area (Å²) in [5.74, 6) is 1.52. The molecule has 1 unspecified atom stereocenters. The maximum absolute atomic E-state index is 9.18. The van der Waals surface area contributed by atoms with Crippen molar-refractivity contribution >= 4 is 11.6 Å². The lowest BCUT2D eigenvalue weighted by Gasteiger charge is -2.18. The van der Waals surface area contributed by atoms with E-state index in [4.69, 9.17) is 4.74 Å². The second-order valence-corrected chi connectivity index (χ2v) is 3.71. The van der Waals surface area contributed by atoms with Crippen LogP contribution in [0.5, 0.6) is 0 Å². The SMILES string of the molecule is CCNc1ncnc(NC(CO)COC)c1C. The molecule has 0 radical (unpaired) electrons. The number of ether oxygens (including phenoxy) is 1. The number of hydrogen-bond donors (Lipinski definition) is 3. The Morgan fingerprint density at radius 3 is 2.71 bits per heavy atom. The molecule has 0 amide bonds. The van der Waals surface area contributed by atoms with E-state index in [1.807, 2.05) is 13.8 Å². The first-order valence-electron chi connectivity index (χ1n) is 5.64. The van der Waals surface area contributed by atoms with Gasteiger partial charge in [0.15, 0.2) is 0 Å². The zero-order chi connectivity index (χ0) is 12.7. The van der Waals surface area contributed by atoms with Crippen LogP contribution in [-0.2, 0) is 4.74 Å². The molecule has 0 aromatic carbocycles. The van der Waals surface area contributed by atoms with Crippen LogP contribution in [0.25, 0.3) is 0 Å². The van der Waals surface area contributed by atoms with E-state index in [0.29, 0.717) is 12.4 Å². The van der Waals surface area contributed by atoms with Crippen LogP contribution in [0, 0.1) is 6.92 Å². The molecule has 6 heteroatoms. The molecule has 17 heavy (non-hydrogen) atoms. The molecule has 6 nitrogen and oxygen atoms in total. The van der Waals surface area contributed by atoms with Crippen molar-refractivity contribution in [2.45, 2.75) is 19.9 Å². The number of nitrogens with zero attached hydrogens (tertiary/aromatic N) is 2. The van der Waals surface area contributed by atoms with Crippen molar-refractivity contribution in [1.29, 1.82) is 0 Å². The number of aliphatic hydroxyl groups is 1. The Morgan fingerprint density at radius 1 is 1.41 bits per heavy atom. The van der Waals surface area contributed by atoms with Crippen molar-refractivity contribution in [3.63, 3.8) is 0 Å². The maximum atomic E-state index is 9.18. The highest BCUT2D eigenvalue weighted by atomic mass is 16.5. The molecular formula is C11H20N4O2. The molecule has 0 aliphatic carbocycles. The highest BCUT2D eigenvalue weighted by Crippen LogP contribution is 2.18. The van der Waals surface area contributed by atoms with E-state index in [-0.39, 0.29) is 12.6 Å². The Hall–Kier alpha value is -1.40. The van der Waals surface area contributed by atoms with E-state index in [0.717, 1.165) is 17.9 Å². The molecular weight excluding hydrogens is 220 g/mol. The minimum Gasteiger partial charge on any atom is -0.394 e. The van der Waals surface area contributed by atoms with Gasteiger partial charge in [0.1, 0.15) is 18.0 Å². The van der Waals surface area contributed by atoms with E-state index in [1.54, 1.807) is 7.11 Å². The molecule has 0 fully saturated rings. The molecule has 0 saturated carbocycles. The third kappa shape index (κ3) is 3.83. The molecule has 0 aliphatic rings. The van der Waals surface area contributed by atoms with E-state index < -0.39 is 0 Å². The highest BCUT2D eigenvalue weighted by Gasteiger charge is 2.11. The van der Waals surface area contributed by atoms with Gasteiger partial charge in [-0.1, -0.05) is 0 Å². The first kappa shape index (κ1) is 13.7. The molecule has 0 spiro atoms. The summed E-state index contributed by atoms with van der Waals surface area (Å²) < 4.78 is 5.00. The van der Waals surface area contributed by atoms with E-state index in [1.165, 1.54) is 6.33 Å². The molecule has 0 aliphatic heterocycles. The summed E-state index contributed by atoms with van der Waals surface area (Å²) in [5.41, 5.74) is 0.934. The largest absolute Gasteiger partial charge is 0.394 e. The summed E-state index contributed by atoms with van der Waals surface area (Å²) in [5, 5.41) is 15.5. The summed E-state index contributed by atoms with van der Waals surface area (Å²) in [4.78, 5) is 8.31. The Labute approximate surface area is 101 Å². The topological polar surface area (TPSA) is 79.3 Å². The predicted molar refractivity (Wildman–Crippen MR) is 67.3 cm³/mol. The number of aromatic nitrogens is 2. The zero-order valence-corrected chi connectivity index (χ0v) is 10.5. The Kier molecular flexibility index (Phi) is 5.65. The van der Waals surface area contributed by atoms with Gasteiger partial charge in [-0.2, -0.15) is 0 Å².